The fourth-order valence-corrected chi connectivity index (χ4v) is 2.49. The van der Waals surface area contributed by atoms with Crippen molar-refractivity contribution in [1.29, 1.82) is 0 Å². The zero-order valence-corrected chi connectivity index (χ0v) is 12.4. The van der Waals surface area contributed by atoms with E-state index >= 15 is 0 Å². The molecule has 1 aromatic rings. The molecule has 7 heteroatoms. The number of amides is 1. The van der Waals surface area contributed by atoms with Gasteiger partial charge in [-0.1, -0.05) is 0 Å². The van der Waals surface area contributed by atoms with Gasteiger partial charge in [0.15, 0.2) is 5.13 Å². The van der Waals surface area contributed by atoms with Crippen molar-refractivity contribution < 1.29 is 14.7 Å². The molecule has 1 heterocycles. The third-order valence-corrected chi connectivity index (χ3v) is 3.81. The number of likely N-dealkylation sites (N-methyl/N-ethyl adjacent to an activating group) is 1. The van der Waals surface area contributed by atoms with Crippen LogP contribution in [-0.2, 0) is 16.1 Å². The Kier molecular flexibility index (Phi) is 5.44. The summed E-state index contributed by atoms with van der Waals surface area (Å²) in [5.41, 5.74) is 0.773. The second kappa shape index (κ2) is 6.63. The van der Waals surface area contributed by atoms with E-state index in [9.17, 15) is 9.59 Å². The number of aliphatic carboxylic acids is 1. The fraction of sp³-hybridized carbons (Fsp3) is 0.583. The lowest BCUT2D eigenvalue weighted by atomic mass is 10.3. The highest BCUT2D eigenvalue weighted by Crippen LogP contribution is 2.21. The minimum Gasteiger partial charge on any atom is -0.480 e. The first kappa shape index (κ1) is 15.6. The van der Waals surface area contributed by atoms with Crippen molar-refractivity contribution >= 4 is 28.3 Å². The molecule has 0 radical (unpaired) electrons. The Morgan fingerprint density at radius 2 is 2.16 bits per heavy atom. The summed E-state index contributed by atoms with van der Waals surface area (Å²) in [7, 11) is 1.74. The van der Waals surface area contributed by atoms with Crippen LogP contribution in [0.3, 0.4) is 0 Å². The number of carboxylic acid groups (broad SMARTS) is 1. The van der Waals surface area contributed by atoms with E-state index in [-0.39, 0.29) is 5.91 Å². The number of rotatable bonds is 6. The molecular weight excluding hydrogens is 266 g/mol. The summed E-state index contributed by atoms with van der Waals surface area (Å²) in [6.45, 7) is 6.04. The third-order valence-electron chi connectivity index (χ3n) is 2.90. The third kappa shape index (κ3) is 4.00. The van der Waals surface area contributed by atoms with E-state index in [1.165, 1.54) is 18.3 Å². The maximum absolute atomic E-state index is 11.4. The number of hydrogen-bond donors (Lipinski definition) is 1. The van der Waals surface area contributed by atoms with Gasteiger partial charge in [-0.3, -0.25) is 19.4 Å². The molecule has 0 saturated heterocycles. The van der Waals surface area contributed by atoms with Crippen molar-refractivity contribution in [2.24, 2.45) is 0 Å². The molecule has 1 amide bonds. The summed E-state index contributed by atoms with van der Waals surface area (Å²) in [4.78, 5) is 29.9. The van der Waals surface area contributed by atoms with E-state index < -0.39 is 12.0 Å². The van der Waals surface area contributed by atoms with Gasteiger partial charge in [0.05, 0.1) is 5.69 Å². The summed E-state index contributed by atoms with van der Waals surface area (Å²) in [5.74, 6) is -0.910. The molecule has 1 N–H and O–H groups in total. The highest BCUT2D eigenvalue weighted by atomic mass is 32.1. The van der Waals surface area contributed by atoms with Crippen molar-refractivity contribution in [2.75, 3.05) is 18.5 Å². The summed E-state index contributed by atoms with van der Waals surface area (Å²) in [6, 6.07) is -0.569. The van der Waals surface area contributed by atoms with Crippen LogP contribution in [0.2, 0.25) is 0 Å². The Bertz CT molecular complexity index is 461. The average Bonchev–Trinajstić information content (AvgIpc) is 2.76. The van der Waals surface area contributed by atoms with Gasteiger partial charge in [-0.15, -0.1) is 11.3 Å². The lowest BCUT2D eigenvalue weighted by molar-refractivity contribution is -0.142. The standard InChI is InChI=1S/C12H19N3O3S/c1-5-15(9(3)16)12-13-10(7-19-12)6-14(4)8(2)11(17)18/h7-8H,5-6H2,1-4H3,(H,17,18). The van der Waals surface area contributed by atoms with E-state index in [0.29, 0.717) is 18.2 Å². The smallest absolute Gasteiger partial charge is 0.320 e. The second-order valence-corrected chi connectivity index (χ2v) is 5.15. The molecule has 1 rings (SSSR count). The van der Waals surface area contributed by atoms with Crippen molar-refractivity contribution in [3.8, 4) is 0 Å². The van der Waals surface area contributed by atoms with Crippen LogP contribution in [0.5, 0.6) is 0 Å². The second-order valence-electron chi connectivity index (χ2n) is 4.31. The van der Waals surface area contributed by atoms with Gasteiger partial charge >= 0.3 is 5.97 Å². The van der Waals surface area contributed by atoms with Gasteiger partial charge in [0.1, 0.15) is 6.04 Å². The number of carbonyl (C=O) groups is 2. The Balaban J connectivity index is 2.75. The summed E-state index contributed by atoms with van der Waals surface area (Å²) in [5, 5.41) is 11.4. The van der Waals surface area contributed by atoms with Gasteiger partial charge in [0.2, 0.25) is 5.91 Å². The fourth-order valence-electron chi connectivity index (χ4n) is 1.57. The Labute approximate surface area is 116 Å². The maximum atomic E-state index is 11.4. The topological polar surface area (TPSA) is 73.7 Å². The molecule has 6 nitrogen and oxygen atoms in total. The van der Waals surface area contributed by atoms with Crippen LogP contribution >= 0.6 is 11.3 Å². The zero-order chi connectivity index (χ0) is 14.6. The molecule has 0 aromatic carbocycles. The van der Waals surface area contributed by atoms with E-state index in [0.717, 1.165) is 5.69 Å². The molecule has 0 aliphatic carbocycles. The highest BCUT2D eigenvalue weighted by Gasteiger charge is 2.19. The van der Waals surface area contributed by atoms with E-state index in [2.05, 4.69) is 4.98 Å². The Morgan fingerprint density at radius 3 is 2.63 bits per heavy atom. The van der Waals surface area contributed by atoms with Crippen LogP contribution in [0.25, 0.3) is 0 Å². The molecule has 1 atom stereocenters. The van der Waals surface area contributed by atoms with Gasteiger partial charge in [-0.05, 0) is 20.9 Å². The number of aromatic nitrogens is 1. The van der Waals surface area contributed by atoms with Gasteiger partial charge in [-0.2, -0.15) is 0 Å². The number of nitrogens with zero attached hydrogens (tertiary/aromatic N) is 3. The first-order valence-corrected chi connectivity index (χ1v) is 6.90. The van der Waals surface area contributed by atoms with Crippen molar-refractivity contribution in [1.82, 2.24) is 9.88 Å². The molecule has 0 saturated carbocycles. The normalized spacial score (nSPS) is 12.5. The quantitative estimate of drug-likeness (QED) is 0.855. The minimum atomic E-state index is -0.864. The van der Waals surface area contributed by atoms with Crippen molar-refractivity contribution in [2.45, 2.75) is 33.4 Å². The van der Waals surface area contributed by atoms with Crippen LogP contribution < -0.4 is 4.90 Å². The van der Waals surface area contributed by atoms with Crippen LogP contribution in [0.1, 0.15) is 26.5 Å². The van der Waals surface area contributed by atoms with Crippen LogP contribution in [0, 0.1) is 0 Å². The number of thiazole rings is 1. The first-order chi connectivity index (χ1) is 8.86. The molecule has 0 fully saturated rings. The predicted octanol–water partition coefficient (Wildman–Crippen LogP) is 1.42. The highest BCUT2D eigenvalue weighted by molar-refractivity contribution is 7.14. The lowest BCUT2D eigenvalue weighted by Crippen LogP contribution is -2.35. The summed E-state index contributed by atoms with van der Waals surface area (Å²) in [6.07, 6.45) is 0. The largest absolute Gasteiger partial charge is 0.480 e. The average molecular weight is 285 g/mol. The van der Waals surface area contributed by atoms with Gasteiger partial charge in [-0.25, -0.2) is 4.98 Å². The van der Waals surface area contributed by atoms with Crippen molar-refractivity contribution in [3.63, 3.8) is 0 Å². The number of hydrogen-bond acceptors (Lipinski definition) is 5. The molecule has 0 bridgehead atoms. The van der Waals surface area contributed by atoms with Gasteiger partial charge < -0.3 is 5.11 Å². The Morgan fingerprint density at radius 1 is 1.53 bits per heavy atom. The maximum Gasteiger partial charge on any atom is 0.320 e. The lowest BCUT2D eigenvalue weighted by Gasteiger charge is -2.19. The molecule has 1 aromatic heterocycles. The van der Waals surface area contributed by atoms with Crippen LogP contribution in [0.4, 0.5) is 5.13 Å². The van der Waals surface area contributed by atoms with E-state index in [4.69, 9.17) is 5.11 Å². The zero-order valence-electron chi connectivity index (χ0n) is 11.6. The number of carbonyl (C=O) groups excluding carboxylic acids is 1. The molecular formula is C12H19N3O3S. The van der Waals surface area contributed by atoms with E-state index in [1.54, 1.807) is 23.8 Å². The monoisotopic (exact) mass is 285 g/mol. The SMILES string of the molecule is CCN(C(C)=O)c1nc(CN(C)C(C)C(=O)O)cs1. The summed E-state index contributed by atoms with van der Waals surface area (Å²) >= 11 is 1.39. The number of anilines is 1. The first-order valence-electron chi connectivity index (χ1n) is 6.02. The van der Waals surface area contributed by atoms with Crippen molar-refractivity contribution in [3.05, 3.63) is 11.1 Å². The Hall–Kier alpha value is -1.47. The molecule has 106 valence electrons. The van der Waals surface area contributed by atoms with Crippen LogP contribution in [0.15, 0.2) is 5.38 Å². The molecule has 0 aliphatic heterocycles. The molecule has 19 heavy (non-hydrogen) atoms. The molecule has 0 aliphatic rings. The minimum absolute atomic E-state index is 0.0457. The van der Waals surface area contributed by atoms with Crippen LogP contribution in [-0.4, -0.2) is 46.5 Å². The molecule has 0 spiro atoms. The number of carboxylic acids is 1. The predicted molar refractivity (Wildman–Crippen MR) is 74.4 cm³/mol. The van der Waals surface area contributed by atoms with Gasteiger partial charge in [0.25, 0.3) is 0 Å². The van der Waals surface area contributed by atoms with Gasteiger partial charge in [0, 0.05) is 25.4 Å². The van der Waals surface area contributed by atoms with E-state index in [1.807, 2.05) is 12.3 Å². The molecule has 1 unspecified atom stereocenters. The summed E-state index contributed by atoms with van der Waals surface area (Å²) < 4.78 is 0.